The fourth-order valence-corrected chi connectivity index (χ4v) is 0.704. The van der Waals surface area contributed by atoms with Crippen molar-refractivity contribution in [3.8, 4) is 0 Å². The standard InChI is InChI=1S/C6H5BF3N2O2/c1-14-6(13)5-11-2-4(3-12-5)7(8,9)10/h2-3H,1H3/q-1. The van der Waals surface area contributed by atoms with E-state index in [1.807, 2.05) is 0 Å². The highest BCUT2D eigenvalue weighted by Gasteiger charge is 2.26. The molecule has 0 fully saturated rings. The van der Waals surface area contributed by atoms with Gasteiger partial charge < -0.3 is 17.7 Å². The van der Waals surface area contributed by atoms with Gasteiger partial charge in [0.25, 0.3) is 0 Å². The average molecular weight is 205 g/mol. The summed E-state index contributed by atoms with van der Waals surface area (Å²) in [5.41, 5.74) is -0.947. The van der Waals surface area contributed by atoms with E-state index in [2.05, 4.69) is 14.7 Å². The predicted octanol–water partition coefficient (Wildman–Crippen LogP) is 0.318. The maximum absolute atomic E-state index is 12.1. The molecule has 8 heteroatoms. The van der Waals surface area contributed by atoms with Gasteiger partial charge in [-0.2, -0.15) is 0 Å². The number of carbonyl (C=O) groups is 1. The minimum Gasteiger partial charge on any atom is -0.463 e. The van der Waals surface area contributed by atoms with E-state index in [1.54, 1.807) is 0 Å². The highest BCUT2D eigenvalue weighted by Crippen LogP contribution is 2.06. The minimum atomic E-state index is -5.12. The Morgan fingerprint density at radius 1 is 1.36 bits per heavy atom. The second kappa shape index (κ2) is 3.65. The Balaban J connectivity index is 2.95. The van der Waals surface area contributed by atoms with Crippen LogP contribution in [0.15, 0.2) is 12.4 Å². The molecule has 0 aliphatic rings. The lowest BCUT2D eigenvalue weighted by Gasteiger charge is -2.12. The molecule has 14 heavy (non-hydrogen) atoms. The van der Waals surface area contributed by atoms with E-state index in [-0.39, 0.29) is 0 Å². The van der Waals surface area contributed by atoms with Gasteiger partial charge in [-0.25, -0.2) is 14.8 Å². The Morgan fingerprint density at radius 2 is 1.86 bits per heavy atom. The molecule has 1 heterocycles. The van der Waals surface area contributed by atoms with Crippen LogP contribution < -0.4 is 5.46 Å². The lowest BCUT2D eigenvalue weighted by Crippen LogP contribution is -2.35. The van der Waals surface area contributed by atoms with E-state index < -0.39 is 24.2 Å². The van der Waals surface area contributed by atoms with Gasteiger partial charge in [-0.1, -0.05) is 5.46 Å². The molecule has 1 aromatic rings. The van der Waals surface area contributed by atoms with E-state index in [1.165, 1.54) is 0 Å². The summed E-state index contributed by atoms with van der Waals surface area (Å²) in [6.07, 6.45) is 1.11. The summed E-state index contributed by atoms with van der Waals surface area (Å²) in [7, 11) is 1.09. The van der Waals surface area contributed by atoms with Gasteiger partial charge in [-0.15, -0.1) is 0 Å². The van der Waals surface area contributed by atoms with Crippen LogP contribution in [0.3, 0.4) is 0 Å². The molecule has 1 aromatic heterocycles. The molecule has 0 unspecified atom stereocenters. The molecule has 0 spiro atoms. The zero-order valence-corrected chi connectivity index (χ0v) is 7.08. The Bertz CT molecular complexity index is 338. The maximum Gasteiger partial charge on any atom is 0.512 e. The van der Waals surface area contributed by atoms with Crippen molar-refractivity contribution < 1.29 is 22.5 Å². The SMILES string of the molecule is COC(=O)c1ncc([B-](F)(F)F)cn1. The third-order valence-electron chi connectivity index (χ3n) is 1.42. The van der Waals surface area contributed by atoms with Gasteiger partial charge >= 0.3 is 12.9 Å². The van der Waals surface area contributed by atoms with Gasteiger partial charge in [0, 0.05) is 12.4 Å². The Kier molecular flexibility index (Phi) is 2.73. The first kappa shape index (κ1) is 10.5. The summed E-state index contributed by atoms with van der Waals surface area (Å²) in [5.74, 6) is -1.26. The molecule has 0 bridgehead atoms. The van der Waals surface area contributed by atoms with Crippen molar-refractivity contribution in [1.29, 1.82) is 0 Å². The lowest BCUT2D eigenvalue weighted by atomic mass is 9.83. The number of hydrogen-bond acceptors (Lipinski definition) is 4. The number of ether oxygens (including phenoxy) is 1. The number of esters is 1. The van der Waals surface area contributed by atoms with Gasteiger partial charge in [-0.3, -0.25) is 0 Å². The molecule has 0 aliphatic carbocycles. The van der Waals surface area contributed by atoms with Gasteiger partial charge in [0.05, 0.1) is 7.11 Å². The van der Waals surface area contributed by atoms with Crippen LogP contribution in [0.2, 0.25) is 0 Å². The van der Waals surface area contributed by atoms with Crippen LogP contribution in [0.25, 0.3) is 0 Å². The molecule has 0 N–H and O–H groups in total. The fourth-order valence-electron chi connectivity index (χ4n) is 0.704. The third kappa shape index (κ3) is 2.21. The Labute approximate surface area is 77.2 Å². The van der Waals surface area contributed by atoms with E-state index in [4.69, 9.17) is 0 Å². The Morgan fingerprint density at radius 3 is 2.21 bits per heavy atom. The van der Waals surface area contributed by atoms with Crippen molar-refractivity contribution in [3.05, 3.63) is 18.2 Å². The van der Waals surface area contributed by atoms with E-state index >= 15 is 0 Å². The first-order chi connectivity index (χ1) is 6.45. The number of rotatable bonds is 2. The summed E-state index contributed by atoms with van der Waals surface area (Å²) in [6.45, 7) is -5.12. The molecule has 0 amide bonds. The molecule has 0 aliphatic heterocycles. The molecular weight excluding hydrogens is 200 g/mol. The molecule has 76 valence electrons. The second-order valence-electron chi connectivity index (χ2n) is 2.41. The molecule has 0 aromatic carbocycles. The van der Waals surface area contributed by atoms with Crippen molar-refractivity contribution in [2.45, 2.75) is 0 Å². The van der Waals surface area contributed by atoms with Gasteiger partial charge in [-0.05, 0) is 0 Å². The number of aromatic nitrogens is 2. The van der Waals surface area contributed by atoms with Crippen LogP contribution in [0, 0.1) is 0 Å². The average Bonchev–Trinajstić information content (AvgIpc) is 2.15. The first-order valence-corrected chi connectivity index (χ1v) is 3.55. The van der Waals surface area contributed by atoms with Crippen molar-refractivity contribution in [2.24, 2.45) is 0 Å². The molecule has 0 radical (unpaired) electrons. The highest BCUT2D eigenvalue weighted by atomic mass is 19.4. The normalized spacial score (nSPS) is 11.1. The van der Waals surface area contributed by atoms with E-state index in [0.29, 0.717) is 12.4 Å². The van der Waals surface area contributed by atoms with Crippen LogP contribution >= 0.6 is 0 Å². The van der Waals surface area contributed by atoms with Gasteiger partial charge in [0.2, 0.25) is 5.82 Å². The zero-order valence-electron chi connectivity index (χ0n) is 7.08. The molecule has 0 saturated carbocycles. The van der Waals surface area contributed by atoms with Crippen molar-refractivity contribution in [3.63, 3.8) is 0 Å². The third-order valence-corrected chi connectivity index (χ3v) is 1.42. The topological polar surface area (TPSA) is 52.1 Å². The van der Waals surface area contributed by atoms with E-state index in [0.717, 1.165) is 7.11 Å². The summed E-state index contributed by atoms with van der Waals surface area (Å²) in [6, 6.07) is 0. The zero-order chi connectivity index (χ0) is 10.8. The largest absolute Gasteiger partial charge is 0.512 e. The summed E-state index contributed by atoms with van der Waals surface area (Å²) in [4.78, 5) is 17.2. The fraction of sp³-hybridized carbons (Fsp3) is 0.167. The van der Waals surface area contributed by atoms with Crippen molar-refractivity contribution in [1.82, 2.24) is 9.97 Å². The van der Waals surface area contributed by atoms with Crippen LogP contribution in [0.1, 0.15) is 10.6 Å². The smallest absolute Gasteiger partial charge is 0.463 e. The summed E-state index contributed by atoms with van der Waals surface area (Å²) in [5, 5.41) is 0. The molecular formula is C6H5BF3N2O2-. The van der Waals surface area contributed by atoms with Crippen LogP contribution in [-0.4, -0.2) is 30.0 Å². The summed E-state index contributed by atoms with van der Waals surface area (Å²) >= 11 is 0. The minimum absolute atomic E-state index is 0.392. The molecule has 4 nitrogen and oxygen atoms in total. The highest BCUT2D eigenvalue weighted by molar-refractivity contribution is 6.73. The monoisotopic (exact) mass is 205 g/mol. The second-order valence-corrected chi connectivity index (χ2v) is 2.41. The molecule has 0 saturated heterocycles. The van der Waals surface area contributed by atoms with Crippen LogP contribution in [0.4, 0.5) is 12.9 Å². The molecule has 1 rings (SSSR count). The predicted molar refractivity (Wildman–Crippen MR) is 42.1 cm³/mol. The van der Waals surface area contributed by atoms with Crippen molar-refractivity contribution in [2.75, 3.05) is 7.11 Å². The van der Waals surface area contributed by atoms with Gasteiger partial charge in [0.15, 0.2) is 0 Å². The van der Waals surface area contributed by atoms with E-state index in [9.17, 15) is 17.7 Å². The van der Waals surface area contributed by atoms with Gasteiger partial charge in [0.1, 0.15) is 0 Å². The summed E-state index contributed by atoms with van der Waals surface area (Å²) < 4.78 is 40.4. The van der Waals surface area contributed by atoms with Crippen molar-refractivity contribution >= 4 is 18.4 Å². The van der Waals surface area contributed by atoms with Crippen LogP contribution in [-0.2, 0) is 4.74 Å². The number of methoxy groups -OCH3 is 1. The first-order valence-electron chi connectivity index (χ1n) is 3.55. The molecule has 0 atom stereocenters. The number of hydrogen-bond donors (Lipinski definition) is 0. The Hall–Kier alpha value is -1.60. The number of nitrogens with zero attached hydrogens (tertiary/aromatic N) is 2. The number of carbonyl (C=O) groups excluding carboxylic acids is 1. The maximum atomic E-state index is 12.1. The quantitative estimate of drug-likeness (QED) is 0.515. The van der Waals surface area contributed by atoms with Crippen LogP contribution in [0.5, 0.6) is 0 Å². The number of halogens is 3. The lowest BCUT2D eigenvalue weighted by molar-refractivity contribution is 0.0586.